The van der Waals surface area contributed by atoms with Crippen LogP contribution in [0.1, 0.15) is 54.4 Å². The van der Waals surface area contributed by atoms with E-state index in [1.165, 1.54) is 36.8 Å². The summed E-state index contributed by atoms with van der Waals surface area (Å²) in [6.07, 6.45) is 10.6. The molecule has 20 heavy (non-hydrogen) atoms. The van der Waals surface area contributed by atoms with Crippen LogP contribution in [0.3, 0.4) is 0 Å². The topological polar surface area (TPSA) is 39.2 Å². The highest BCUT2D eigenvalue weighted by Gasteiger charge is 2.34. The van der Waals surface area contributed by atoms with E-state index >= 15 is 0 Å². The van der Waals surface area contributed by atoms with E-state index in [0.717, 1.165) is 17.5 Å². The molecule has 1 saturated carbocycles. The monoisotopic (exact) mass is 269 g/mol. The number of fused-ring (bicyclic) bond motifs is 2. The van der Waals surface area contributed by atoms with Crippen molar-refractivity contribution >= 4 is 11.4 Å². The summed E-state index contributed by atoms with van der Waals surface area (Å²) in [7, 11) is 0. The van der Waals surface area contributed by atoms with Gasteiger partial charge in [0.05, 0.1) is 12.7 Å². The van der Waals surface area contributed by atoms with Gasteiger partial charge in [0.25, 0.3) is 0 Å². The Morgan fingerprint density at radius 2 is 2.05 bits per heavy atom. The lowest BCUT2D eigenvalue weighted by Crippen LogP contribution is -2.30. The highest BCUT2D eigenvalue weighted by atomic mass is 16.5. The van der Waals surface area contributed by atoms with Crippen molar-refractivity contribution in [2.45, 2.75) is 44.6 Å². The second-order valence-electron chi connectivity index (χ2n) is 6.20. The molecule has 0 spiro atoms. The molecule has 3 heteroatoms. The number of nitrogens with zero attached hydrogens (tertiary/aromatic N) is 1. The minimum Gasteiger partial charge on any atom is -0.373 e. The van der Waals surface area contributed by atoms with Gasteiger partial charge in [-0.1, -0.05) is 18.4 Å². The number of ketones is 1. The number of rotatable bonds is 1. The predicted molar refractivity (Wildman–Crippen MR) is 76.4 cm³/mol. The summed E-state index contributed by atoms with van der Waals surface area (Å²) < 4.78 is 6.13. The molecule has 1 aromatic heterocycles. The van der Waals surface area contributed by atoms with E-state index in [-0.39, 0.29) is 5.78 Å². The zero-order valence-electron chi connectivity index (χ0n) is 11.6. The molecule has 104 valence electrons. The average molecular weight is 269 g/mol. The second kappa shape index (κ2) is 4.81. The van der Waals surface area contributed by atoms with Crippen molar-refractivity contribution in [3.63, 3.8) is 0 Å². The van der Waals surface area contributed by atoms with Crippen molar-refractivity contribution in [1.82, 2.24) is 4.98 Å². The van der Waals surface area contributed by atoms with Gasteiger partial charge in [-0.2, -0.15) is 0 Å². The summed E-state index contributed by atoms with van der Waals surface area (Å²) >= 11 is 0. The molecule has 2 aliphatic carbocycles. The zero-order valence-corrected chi connectivity index (χ0v) is 11.6. The number of hydrogen-bond acceptors (Lipinski definition) is 3. The Hall–Kier alpha value is -1.48. The maximum atomic E-state index is 12.3. The fourth-order valence-corrected chi connectivity index (χ4v) is 3.96. The first-order chi connectivity index (χ1) is 9.83. The lowest BCUT2D eigenvalue weighted by atomic mass is 9.80. The third kappa shape index (κ3) is 1.92. The van der Waals surface area contributed by atoms with Crippen molar-refractivity contribution in [3.05, 3.63) is 35.2 Å². The fraction of sp³-hybridized carbons (Fsp3) is 0.529. The lowest BCUT2D eigenvalue weighted by molar-refractivity contribution is 0.0258. The molecule has 1 fully saturated rings. The van der Waals surface area contributed by atoms with E-state index < -0.39 is 0 Å². The lowest BCUT2D eigenvalue weighted by Gasteiger charge is -2.34. The van der Waals surface area contributed by atoms with Crippen LogP contribution in [0.15, 0.2) is 24.0 Å². The van der Waals surface area contributed by atoms with E-state index in [1.807, 2.05) is 12.3 Å². The molecule has 3 nitrogen and oxygen atoms in total. The van der Waals surface area contributed by atoms with Gasteiger partial charge in [0.1, 0.15) is 0 Å². The molecule has 1 aromatic rings. The number of Topliss-reactive ketones (excluding diaryl/α,β-unsaturated/α-hetero) is 1. The largest absolute Gasteiger partial charge is 0.373 e. The van der Waals surface area contributed by atoms with Crippen molar-refractivity contribution in [1.29, 1.82) is 0 Å². The first kappa shape index (κ1) is 12.3. The Bertz CT molecular complexity index is 584. The Morgan fingerprint density at radius 3 is 2.90 bits per heavy atom. The molecule has 3 aliphatic rings. The van der Waals surface area contributed by atoms with Crippen LogP contribution in [0, 0.1) is 5.92 Å². The fourth-order valence-electron chi connectivity index (χ4n) is 3.96. The van der Waals surface area contributed by atoms with Crippen molar-refractivity contribution in [2.24, 2.45) is 5.92 Å². The van der Waals surface area contributed by atoms with Crippen LogP contribution in [0.5, 0.6) is 0 Å². The maximum absolute atomic E-state index is 12.3. The predicted octanol–water partition coefficient (Wildman–Crippen LogP) is 3.40. The molecular weight excluding hydrogens is 250 g/mol. The molecule has 1 aliphatic heterocycles. The van der Waals surface area contributed by atoms with Crippen LogP contribution >= 0.6 is 0 Å². The number of hydrogen-bond donors (Lipinski definition) is 0. The number of pyridine rings is 1. The molecule has 0 N–H and O–H groups in total. The zero-order chi connectivity index (χ0) is 13.5. The summed E-state index contributed by atoms with van der Waals surface area (Å²) in [5.74, 6) is 0.947. The highest BCUT2D eigenvalue weighted by molar-refractivity contribution is 6.06. The Kier molecular flexibility index (Phi) is 2.95. The highest BCUT2D eigenvalue weighted by Crippen LogP contribution is 2.41. The van der Waals surface area contributed by atoms with E-state index in [4.69, 9.17) is 4.74 Å². The standard InChI is InChI=1S/C17H19NO2/c19-16-7-12-8-17(11-3-1-2-4-11)20-10-15(12)14-9-18-6-5-13(14)16/h5-6,9,11,17H,1-4,7-8,10H2. The van der Waals surface area contributed by atoms with Crippen molar-refractivity contribution in [2.75, 3.05) is 6.61 Å². The van der Waals surface area contributed by atoms with Crippen LogP contribution < -0.4 is 0 Å². The minimum absolute atomic E-state index is 0.244. The Morgan fingerprint density at radius 1 is 1.20 bits per heavy atom. The Balaban J connectivity index is 1.66. The van der Waals surface area contributed by atoms with Crippen LogP contribution in [-0.4, -0.2) is 23.5 Å². The van der Waals surface area contributed by atoms with Gasteiger partial charge in [-0.15, -0.1) is 0 Å². The van der Waals surface area contributed by atoms with E-state index in [9.17, 15) is 4.79 Å². The molecular formula is C17H19NO2. The molecule has 1 unspecified atom stereocenters. The summed E-state index contributed by atoms with van der Waals surface area (Å²) in [5, 5.41) is 0. The SMILES string of the molecule is O=C1CC2=C(COC(C3CCCC3)C2)c2cnccc21. The van der Waals surface area contributed by atoms with Crippen molar-refractivity contribution < 1.29 is 9.53 Å². The number of carbonyl (C=O) groups is 1. The minimum atomic E-state index is 0.244. The number of ether oxygens (including phenoxy) is 1. The van der Waals surface area contributed by atoms with Crippen LogP contribution in [-0.2, 0) is 4.74 Å². The molecule has 0 amide bonds. The quantitative estimate of drug-likeness (QED) is 0.784. The normalized spacial score (nSPS) is 26.6. The third-order valence-electron chi connectivity index (χ3n) is 5.06. The molecule has 0 radical (unpaired) electrons. The van der Waals surface area contributed by atoms with Crippen LogP contribution in [0.25, 0.3) is 5.57 Å². The molecule has 0 saturated heterocycles. The average Bonchev–Trinajstić information content (AvgIpc) is 3.01. The summed E-state index contributed by atoms with van der Waals surface area (Å²) in [6.45, 7) is 0.655. The van der Waals surface area contributed by atoms with Gasteiger partial charge in [-0.25, -0.2) is 0 Å². The number of aromatic nitrogens is 1. The summed E-state index contributed by atoms with van der Waals surface area (Å²) in [5.41, 5.74) is 4.35. The molecule has 0 bridgehead atoms. The van der Waals surface area contributed by atoms with Crippen LogP contribution in [0.4, 0.5) is 0 Å². The van der Waals surface area contributed by atoms with E-state index in [0.29, 0.717) is 25.0 Å². The van der Waals surface area contributed by atoms with E-state index in [1.54, 1.807) is 6.20 Å². The van der Waals surface area contributed by atoms with Gasteiger partial charge in [0.2, 0.25) is 0 Å². The third-order valence-corrected chi connectivity index (χ3v) is 5.06. The first-order valence-corrected chi connectivity index (χ1v) is 7.63. The molecule has 4 rings (SSSR count). The first-order valence-electron chi connectivity index (χ1n) is 7.63. The van der Waals surface area contributed by atoms with Crippen LogP contribution in [0.2, 0.25) is 0 Å². The smallest absolute Gasteiger partial charge is 0.167 e. The Labute approximate surface area is 119 Å². The van der Waals surface area contributed by atoms with Crippen molar-refractivity contribution in [3.8, 4) is 0 Å². The summed E-state index contributed by atoms with van der Waals surface area (Å²) in [4.78, 5) is 16.4. The molecule has 1 atom stereocenters. The molecule has 2 heterocycles. The van der Waals surface area contributed by atoms with Gasteiger partial charge < -0.3 is 4.74 Å². The number of carbonyl (C=O) groups excluding carboxylic acids is 1. The summed E-state index contributed by atoms with van der Waals surface area (Å²) in [6, 6.07) is 1.84. The van der Waals surface area contributed by atoms with E-state index in [2.05, 4.69) is 4.98 Å². The second-order valence-corrected chi connectivity index (χ2v) is 6.20. The van der Waals surface area contributed by atoms with Gasteiger partial charge in [0.15, 0.2) is 5.78 Å². The van der Waals surface area contributed by atoms with Gasteiger partial charge >= 0.3 is 0 Å². The van der Waals surface area contributed by atoms with Gasteiger partial charge in [0, 0.05) is 29.9 Å². The van der Waals surface area contributed by atoms with Gasteiger partial charge in [-0.3, -0.25) is 9.78 Å². The maximum Gasteiger partial charge on any atom is 0.167 e. The molecule has 0 aromatic carbocycles. The van der Waals surface area contributed by atoms with Gasteiger partial charge in [-0.05, 0) is 36.8 Å².